The number of benzene rings is 2. The third-order valence-electron chi connectivity index (χ3n) is 5.10. The van der Waals surface area contributed by atoms with E-state index in [9.17, 15) is 15.0 Å². The van der Waals surface area contributed by atoms with Crippen LogP contribution in [-0.4, -0.2) is 28.2 Å². The zero-order valence-corrected chi connectivity index (χ0v) is 18.8. The van der Waals surface area contributed by atoms with Crippen LogP contribution in [-0.2, 0) is 11.2 Å². The zero-order chi connectivity index (χ0) is 22.1. The maximum atomic E-state index is 12.4. The first-order chi connectivity index (χ1) is 14.0. The number of rotatable bonds is 4. The predicted molar refractivity (Wildman–Crippen MR) is 118 cm³/mol. The fourth-order valence-electron chi connectivity index (χ4n) is 3.90. The van der Waals surface area contributed by atoms with Gasteiger partial charge in [0.05, 0.1) is 16.1 Å². The number of aliphatic hydroxyl groups excluding tert-OH is 1. The summed E-state index contributed by atoms with van der Waals surface area (Å²) < 4.78 is 5.43. The van der Waals surface area contributed by atoms with Crippen LogP contribution in [0.2, 0.25) is 10.0 Å². The van der Waals surface area contributed by atoms with Crippen molar-refractivity contribution in [1.29, 1.82) is 0 Å². The SMILES string of the molecule is CC(C)(C)OC(=O)NC1CC[C@@H](c2ccc(Cl)c(Cl)c2)c2ccc(CC(O)O)cc21. The van der Waals surface area contributed by atoms with Gasteiger partial charge in [-0.2, -0.15) is 0 Å². The van der Waals surface area contributed by atoms with E-state index in [1.165, 1.54) is 0 Å². The Labute approximate surface area is 187 Å². The first-order valence-corrected chi connectivity index (χ1v) is 10.7. The van der Waals surface area contributed by atoms with E-state index in [-0.39, 0.29) is 18.4 Å². The van der Waals surface area contributed by atoms with Gasteiger partial charge in [-0.1, -0.05) is 47.5 Å². The summed E-state index contributed by atoms with van der Waals surface area (Å²) in [4.78, 5) is 12.4. The maximum Gasteiger partial charge on any atom is 0.408 e. The van der Waals surface area contributed by atoms with E-state index in [1.54, 1.807) is 6.07 Å². The van der Waals surface area contributed by atoms with E-state index in [0.29, 0.717) is 16.5 Å². The smallest absolute Gasteiger partial charge is 0.408 e. The summed E-state index contributed by atoms with van der Waals surface area (Å²) in [6.45, 7) is 5.47. The van der Waals surface area contributed by atoms with Crippen LogP contribution in [0, 0.1) is 0 Å². The Morgan fingerprint density at radius 2 is 1.83 bits per heavy atom. The molecule has 1 unspecified atom stereocenters. The third-order valence-corrected chi connectivity index (χ3v) is 5.84. The minimum absolute atomic E-state index is 0.0968. The highest BCUT2D eigenvalue weighted by Gasteiger charge is 2.31. The molecule has 30 heavy (non-hydrogen) atoms. The molecule has 0 heterocycles. The van der Waals surface area contributed by atoms with Crippen molar-refractivity contribution in [2.45, 2.75) is 63.9 Å². The lowest BCUT2D eigenvalue weighted by Gasteiger charge is -2.33. The van der Waals surface area contributed by atoms with Gasteiger partial charge in [-0.05, 0) is 68.0 Å². The van der Waals surface area contributed by atoms with Gasteiger partial charge in [-0.15, -0.1) is 0 Å². The second-order valence-electron chi connectivity index (χ2n) is 8.65. The molecule has 0 fully saturated rings. The van der Waals surface area contributed by atoms with Gasteiger partial charge in [0.1, 0.15) is 5.60 Å². The van der Waals surface area contributed by atoms with Gasteiger partial charge in [0, 0.05) is 12.3 Å². The molecule has 162 valence electrons. The highest BCUT2D eigenvalue weighted by Crippen LogP contribution is 2.43. The van der Waals surface area contributed by atoms with Crippen LogP contribution in [0.5, 0.6) is 0 Å². The van der Waals surface area contributed by atoms with Gasteiger partial charge in [-0.25, -0.2) is 4.79 Å². The van der Waals surface area contributed by atoms with E-state index in [4.69, 9.17) is 27.9 Å². The topological polar surface area (TPSA) is 78.8 Å². The first kappa shape index (κ1) is 22.9. The number of hydrogen-bond donors (Lipinski definition) is 3. The van der Waals surface area contributed by atoms with Crippen molar-refractivity contribution in [2.75, 3.05) is 0 Å². The van der Waals surface area contributed by atoms with Crippen molar-refractivity contribution in [2.24, 2.45) is 0 Å². The maximum absolute atomic E-state index is 12.4. The highest BCUT2D eigenvalue weighted by molar-refractivity contribution is 6.42. The van der Waals surface area contributed by atoms with Crippen LogP contribution in [0.15, 0.2) is 36.4 Å². The van der Waals surface area contributed by atoms with E-state index in [1.807, 2.05) is 51.1 Å². The molecule has 1 aliphatic carbocycles. The van der Waals surface area contributed by atoms with Crippen molar-refractivity contribution in [1.82, 2.24) is 5.32 Å². The average molecular weight is 452 g/mol. The van der Waals surface area contributed by atoms with Gasteiger partial charge in [0.25, 0.3) is 0 Å². The summed E-state index contributed by atoms with van der Waals surface area (Å²) in [5, 5.41) is 22.7. The van der Waals surface area contributed by atoms with Crippen LogP contribution < -0.4 is 5.32 Å². The summed E-state index contributed by atoms with van der Waals surface area (Å²) in [5.74, 6) is 0.0968. The molecule has 0 radical (unpaired) electrons. The second kappa shape index (κ2) is 9.15. The molecule has 0 aromatic heterocycles. The first-order valence-electron chi connectivity index (χ1n) is 9.97. The number of nitrogens with one attached hydrogen (secondary N) is 1. The number of ether oxygens (including phenoxy) is 1. The number of hydrogen-bond acceptors (Lipinski definition) is 4. The summed E-state index contributed by atoms with van der Waals surface area (Å²) in [5.41, 5.74) is 3.26. The molecule has 2 aromatic rings. The molecule has 0 aliphatic heterocycles. The number of halogens is 2. The number of carbonyl (C=O) groups excluding carboxylic acids is 1. The summed E-state index contributed by atoms with van der Waals surface area (Å²) in [6, 6.07) is 11.2. The van der Waals surface area contributed by atoms with E-state index in [2.05, 4.69) is 5.32 Å². The molecule has 7 heteroatoms. The molecule has 3 rings (SSSR count). The number of alkyl carbamates (subject to hydrolysis) is 1. The van der Waals surface area contributed by atoms with E-state index in [0.717, 1.165) is 28.7 Å². The quantitative estimate of drug-likeness (QED) is 0.548. The third kappa shape index (κ3) is 5.67. The normalized spacial score (nSPS) is 18.8. The van der Waals surface area contributed by atoms with Crippen molar-refractivity contribution in [3.05, 3.63) is 68.7 Å². The molecular weight excluding hydrogens is 425 g/mol. The Hall–Kier alpha value is -1.79. The lowest BCUT2D eigenvalue weighted by molar-refractivity contribution is -0.0381. The molecule has 0 bridgehead atoms. The lowest BCUT2D eigenvalue weighted by atomic mass is 9.76. The van der Waals surface area contributed by atoms with Gasteiger partial charge >= 0.3 is 6.09 Å². The van der Waals surface area contributed by atoms with Crippen molar-refractivity contribution >= 4 is 29.3 Å². The lowest BCUT2D eigenvalue weighted by Crippen LogP contribution is -2.36. The molecule has 0 spiro atoms. The molecular formula is C23H27Cl2NO4. The van der Waals surface area contributed by atoms with Crippen LogP contribution in [0.1, 0.15) is 67.8 Å². The Kier molecular flexibility index (Phi) is 6.98. The summed E-state index contributed by atoms with van der Waals surface area (Å²) >= 11 is 12.3. The number of carbonyl (C=O) groups is 1. The minimum atomic E-state index is -1.44. The minimum Gasteiger partial charge on any atom is -0.444 e. The number of amides is 1. The molecule has 5 nitrogen and oxygen atoms in total. The standard InChI is InChI=1S/C23H27Cl2NO4/c1-23(2,3)30-22(29)26-20-9-7-15(14-5-8-18(24)19(25)12-14)16-6-4-13(10-17(16)20)11-21(27)28/h4-6,8,10,12,15,20-21,27-28H,7,9,11H2,1-3H3,(H,26,29)/t15-,20?/m0/s1. The Bertz CT molecular complexity index is 924. The second-order valence-corrected chi connectivity index (χ2v) is 9.46. The van der Waals surface area contributed by atoms with Gasteiger partial charge in [0.15, 0.2) is 6.29 Å². The van der Waals surface area contributed by atoms with Crippen molar-refractivity contribution in [3.8, 4) is 0 Å². The molecule has 2 aromatic carbocycles. The molecule has 3 N–H and O–H groups in total. The van der Waals surface area contributed by atoms with Gasteiger partial charge < -0.3 is 20.3 Å². The monoisotopic (exact) mass is 451 g/mol. The Morgan fingerprint density at radius 3 is 2.47 bits per heavy atom. The Balaban J connectivity index is 1.96. The van der Waals surface area contributed by atoms with Crippen LogP contribution >= 0.6 is 23.2 Å². The molecule has 1 amide bonds. The van der Waals surface area contributed by atoms with Gasteiger partial charge in [0.2, 0.25) is 0 Å². The summed E-state index contributed by atoms with van der Waals surface area (Å²) in [6.07, 6.45) is -0.270. The number of aliphatic hydroxyl groups is 2. The summed E-state index contributed by atoms with van der Waals surface area (Å²) in [7, 11) is 0. The largest absolute Gasteiger partial charge is 0.444 e. The number of fused-ring (bicyclic) bond motifs is 1. The van der Waals surface area contributed by atoms with Gasteiger partial charge in [-0.3, -0.25) is 0 Å². The predicted octanol–water partition coefficient (Wildman–Crippen LogP) is 5.34. The van der Waals surface area contributed by atoms with E-state index >= 15 is 0 Å². The van der Waals surface area contributed by atoms with Crippen molar-refractivity contribution in [3.63, 3.8) is 0 Å². The van der Waals surface area contributed by atoms with Crippen LogP contribution in [0.25, 0.3) is 0 Å². The average Bonchev–Trinajstić information content (AvgIpc) is 2.62. The van der Waals surface area contributed by atoms with Crippen LogP contribution in [0.3, 0.4) is 0 Å². The highest BCUT2D eigenvalue weighted by atomic mass is 35.5. The molecule has 2 atom stereocenters. The molecule has 0 saturated carbocycles. The fraction of sp³-hybridized carbons (Fsp3) is 0.435. The Morgan fingerprint density at radius 1 is 1.10 bits per heavy atom. The molecule has 1 aliphatic rings. The van der Waals surface area contributed by atoms with E-state index < -0.39 is 18.0 Å². The zero-order valence-electron chi connectivity index (χ0n) is 17.3. The van der Waals surface area contributed by atoms with Crippen LogP contribution in [0.4, 0.5) is 4.79 Å². The van der Waals surface area contributed by atoms with Crippen molar-refractivity contribution < 1.29 is 19.7 Å². The fourth-order valence-corrected chi connectivity index (χ4v) is 4.21. The molecule has 0 saturated heterocycles.